The van der Waals surface area contributed by atoms with Crippen molar-refractivity contribution in [2.24, 2.45) is 0 Å². The number of benzene rings is 1. The molecule has 1 aromatic rings. The van der Waals surface area contributed by atoms with E-state index in [9.17, 15) is 4.79 Å². The molecule has 0 saturated carbocycles. The molecule has 0 aliphatic rings. The monoisotopic (exact) mass is 224 g/mol. The molecule has 0 heterocycles. The van der Waals surface area contributed by atoms with Gasteiger partial charge in [-0.05, 0) is 6.07 Å². The zero-order valence-electron chi connectivity index (χ0n) is 9.45. The van der Waals surface area contributed by atoms with Crippen LogP contribution in [0.2, 0.25) is 0 Å². The highest BCUT2D eigenvalue weighted by Crippen LogP contribution is 2.17. The third-order valence-electron chi connectivity index (χ3n) is 1.95. The molecule has 0 aliphatic heterocycles. The normalized spacial score (nSPS) is 9.88. The summed E-state index contributed by atoms with van der Waals surface area (Å²) < 4.78 is 10.4. The van der Waals surface area contributed by atoms with Crippen molar-refractivity contribution in [3.05, 3.63) is 29.8 Å². The Morgan fingerprint density at radius 2 is 2.12 bits per heavy atom. The van der Waals surface area contributed by atoms with Crippen molar-refractivity contribution in [3.8, 4) is 5.75 Å². The van der Waals surface area contributed by atoms with Gasteiger partial charge >= 0.3 is 0 Å². The number of rotatable bonds is 6. The molecule has 0 saturated heterocycles. The van der Waals surface area contributed by atoms with Crippen LogP contribution in [0.15, 0.2) is 24.3 Å². The molecule has 1 aromatic carbocycles. The molecule has 0 spiro atoms. The van der Waals surface area contributed by atoms with Crippen molar-refractivity contribution >= 4 is 5.91 Å². The topological polar surface area (TPSA) is 59.6 Å². The van der Waals surface area contributed by atoms with E-state index in [4.69, 9.17) is 9.47 Å². The van der Waals surface area contributed by atoms with Crippen LogP contribution < -0.4 is 15.6 Å². The van der Waals surface area contributed by atoms with E-state index in [0.717, 1.165) is 11.3 Å². The number of carbonyl (C=O) groups excluding carboxylic acids is 1. The largest absolute Gasteiger partial charge is 0.496 e. The van der Waals surface area contributed by atoms with Crippen LogP contribution >= 0.6 is 0 Å². The fraction of sp³-hybridized carbons (Fsp3) is 0.364. The average molecular weight is 224 g/mol. The average Bonchev–Trinajstić information content (AvgIpc) is 2.30. The molecular formula is C11H16N2O3. The summed E-state index contributed by atoms with van der Waals surface area (Å²) in [6, 6.07) is 7.53. The van der Waals surface area contributed by atoms with Gasteiger partial charge < -0.3 is 9.47 Å². The van der Waals surface area contributed by atoms with E-state index in [1.165, 1.54) is 0 Å². The zero-order chi connectivity index (χ0) is 11.8. The van der Waals surface area contributed by atoms with E-state index in [1.54, 1.807) is 14.2 Å². The molecule has 16 heavy (non-hydrogen) atoms. The van der Waals surface area contributed by atoms with Crippen LogP contribution in [0.5, 0.6) is 5.75 Å². The third-order valence-corrected chi connectivity index (χ3v) is 1.95. The number of methoxy groups -OCH3 is 1. The zero-order valence-corrected chi connectivity index (χ0v) is 9.45. The lowest BCUT2D eigenvalue weighted by atomic mass is 10.2. The second kappa shape index (κ2) is 6.81. The molecule has 5 nitrogen and oxygen atoms in total. The molecule has 0 fully saturated rings. The molecule has 0 aliphatic carbocycles. The van der Waals surface area contributed by atoms with E-state index in [2.05, 4.69) is 10.9 Å². The van der Waals surface area contributed by atoms with Crippen molar-refractivity contribution in [3.63, 3.8) is 0 Å². The Kier molecular flexibility index (Phi) is 5.31. The van der Waals surface area contributed by atoms with Crippen LogP contribution in [0.1, 0.15) is 5.56 Å². The molecule has 0 bridgehead atoms. The van der Waals surface area contributed by atoms with Gasteiger partial charge in [0.2, 0.25) is 0 Å². The number of para-hydroxylation sites is 1. The highest BCUT2D eigenvalue weighted by Gasteiger charge is 2.03. The number of amides is 1. The van der Waals surface area contributed by atoms with Crippen LogP contribution in [0.4, 0.5) is 0 Å². The number of hydrazine groups is 1. The maximum atomic E-state index is 11.1. The van der Waals surface area contributed by atoms with Gasteiger partial charge in [0.05, 0.1) is 13.7 Å². The van der Waals surface area contributed by atoms with Crippen LogP contribution in [0, 0.1) is 0 Å². The van der Waals surface area contributed by atoms with Crippen LogP contribution in [0.25, 0.3) is 0 Å². The second-order valence-electron chi connectivity index (χ2n) is 3.10. The summed E-state index contributed by atoms with van der Waals surface area (Å²) in [6.07, 6.45) is 0. The Labute approximate surface area is 94.7 Å². The lowest BCUT2D eigenvalue weighted by Crippen LogP contribution is -2.36. The van der Waals surface area contributed by atoms with E-state index in [-0.39, 0.29) is 12.5 Å². The van der Waals surface area contributed by atoms with Crippen molar-refractivity contribution < 1.29 is 14.3 Å². The molecule has 0 radical (unpaired) electrons. The molecule has 5 heteroatoms. The molecule has 2 N–H and O–H groups in total. The SMILES string of the molecule is CNNC(=O)COCc1ccccc1OC. The van der Waals surface area contributed by atoms with Gasteiger partial charge in [-0.3, -0.25) is 10.2 Å². The molecule has 1 rings (SSSR count). The summed E-state index contributed by atoms with van der Waals surface area (Å²) in [7, 11) is 3.23. The van der Waals surface area contributed by atoms with E-state index < -0.39 is 0 Å². The summed E-state index contributed by atoms with van der Waals surface area (Å²) >= 11 is 0. The van der Waals surface area contributed by atoms with Crippen LogP contribution in [0.3, 0.4) is 0 Å². The van der Waals surface area contributed by atoms with Gasteiger partial charge in [-0.25, -0.2) is 5.43 Å². The van der Waals surface area contributed by atoms with Crippen LogP contribution in [-0.2, 0) is 16.1 Å². The minimum Gasteiger partial charge on any atom is -0.496 e. The predicted molar refractivity (Wildman–Crippen MR) is 59.9 cm³/mol. The first kappa shape index (κ1) is 12.5. The van der Waals surface area contributed by atoms with Crippen molar-refractivity contribution in [2.45, 2.75) is 6.61 Å². The Morgan fingerprint density at radius 3 is 2.81 bits per heavy atom. The number of hydrogen-bond acceptors (Lipinski definition) is 4. The maximum absolute atomic E-state index is 11.1. The van der Waals surface area contributed by atoms with Crippen molar-refractivity contribution in [1.29, 1.82) is 0 Å². The highest BCUT2D eigenvalue weighted by atomic mass is 16.5. The van der Waals surface area contributed by atoms with Gasteiger partial charge in [0.25, 0.3) is 5.91 Å². The number of hydrogen-bond donors (Lipinski definition) is 2. The summed E-state index contributed by atoms with van der Waals surface area (Å²) in [4.78, 5) is 11.1. The first-order valence-electron chi connectivity index (χ1n) is 4.93. The minimum atomic E-state index is -0.211. The van der Waals surface area contributed by atoms with Gasteiger partial charge in [-0.15, -0.1) is 0 Å². The number of ether oxygens (including phenoxy) is 2. The third kappa shape index (κ3) is 3.88. The standard InChI is InChI=1S/C11H16N2O3/c1-12-13-11(14)8-16-7-9-5-3-4-6-10(9)15-2/h3-6,12H,7-8H2,1-2H3,(H,13,14). The summed E-state index contributed by atoms with van der Waals surface area (Å²) in [6.45, 7) is 0.361. The Hall–Kier alpha value is -1.59. The summed E-state index contributed by atoms with van der Waals surface area (Å²) in [5, 5.41) is 0. The van der Waals surface area contributed by atoms with Gasteiger partial charge in [0.1, 0.15) is 12.4 Å². The lowest BCUT2D eigenvalue weighted by molar-refractivity contribution is -0.126. The maximum Gasteiger partial charge on any atom is 0.260 e. The quantitative estimate of drug-likeness (QED) is 0.689. The van der Waals surface area contributed by atoms with E-state index >= 15 is 0 Å². The van der Waals surface area contributed by atoms with Gasteiger partial charge in [-0.2, -0.15) is 0 Å². The highest BCUT2D eigenvalue weighted by molar-refractivity contribution is 5.76. The smallest absolute Gasteiger partial charge is 0.260 e. The minimum absolute atomic E-state index is 0.0128. The molecule has 0 unspecified atom stereocenters. The lowest BCUT2D eigenvalue weighted by Gasteiger charge is -2.08. The number of carbonyl (C=O) groups is 1. The Morgan fingerprint density at radius 1 is 1.38 bits per heavy atom. The first-order valence-corrected chi connectivity index (χ1v) is 4.93. The second-order valence-corrected chi connectivity index (χ2v) is 3.10. The molecular weight excluding hydrogens is 208 g/mol. The predicted octanol–water partition coefficient (Wildman–Crippen LogP) is 0.462. The summed E-state index contributed by atoms with van der Waals surface area (Å²) in [5.41, 5.74) is 5.87. The Bertz CT molecular complexity index is 342. The molecule has 0 atom stereocenters. The molecule has 88 valence electrons. The van der Waals surface area contributed by atoms with Gasteiger partial charge in [0.15, 0.2) is 0 Å². The number of nitrogens with one attached hydrogen (secondary N) is 2. The van der Waals surface area contributed by atoms with E-state index in [0.29, 0.717) is 6.61 Å². The van der Waals surface area contributed by atoms with E-state index in [1.807, 2.05) is 24.3 Å². The van der Waals surface area contributed by atoms with Gasteiger partial charge in [-0.1, -0.05) is 18.2 Å². The summed E-state index contributed by atoms with van der Waals surface area (Å²) in [5.74, 6) is 0.550. The van der Waals surface area contributed by atoms with Crippen LogP contribution in [-0.4, -0.2) is 26.7 Å². The molecule has 0 aromatic heterocycles. The van der Waals surface area contributed by atoms with Gasteiger partial charge in [0, 0.05) is 12.6 Å². The fourth-order valence-electron chi connectivity index (χ4n) is 1.25. The van der Waals surface area contributed by atoms with Crippen molar-refractivity contribution in [2.75, 3.05) is 20.8 Å². The van der Waals surface area contributed by atoms with Crippen molar-refractivity contribution in [1.82, 2.24) is 10.9 Å². The first-order chi connectivity index (χ1) is 7.77. The molecule has 1 amide bonds. The Balaban J connectivity index is 2.39. The fourth-order valence-corrected chi connectivity index (χ4v) is 1.25.